The summed E-state index contributed by atoms with van der Waals surface area (Å²) >= 11 is 0. The summed E-state index contributed by atoms with van der Waals surface area (Å²) in [6.07, 6.45) is 3.40. The summed E-state index contributed by atoms with van der Waals surface area (Å²) in [5.74, 6) is 0.978. The van der Waals surface area contributed by atoms with Crippen LogP contribution in [0.3, 0.4) is 0 Å². The first kappa shape index (κ1) is 20.9. The van der Waals surface area contributed by atoms with Gasteiger partial charge in [-0.1, -0.05) is 45.0 Å². The number of hydrogen-bond acceptors (Lipinski definition) is 3. The largest absolute Gasteiger partial charge is 0.303 e. The lowest BCUT2D eigenvalue weighted by molar-refractivity contribution is 0.335. The number of anilines is 1. The number of rotatable bonds is 8. The van der Waals surface area contributed by atoms with Crippen LogP contribution in [0.25, 0.3) is 0 Å². The minimum absolute atomic E-state index is 0.301. The zero-order chi connectivity index (χ0) is 20.1. The van der Waals surface area contributed by atoms with Gasteiger partial charge in [0.05, 0.1) is 4.90 Å². The first-order valence-electron chi connectivity index (χ1n) is 10.4. The number of nitrogens with zero attached hydrogens (tertiary/aromatic N) is 1. The third kappa shape index (κ3) is 4.95. The zero-order valence-corrected chi connectivity index (χ0v) is 18.0. The van der Waals surface area contributed by atoms with E-state index in [2.05, 4.69) is 42.5 Å². The average Bonchev–Trinajstić information content (AvgIpc) is 3.17. The highest BCUT2D eigenvalue weighted by Gasteiger charge is 2.23. The molecule has 2 unspecified atom stereocenters. The monoisotopic (exact) mass is 400 g/mol. The van der Waals surface area contributed by atoms with Crippen molar-refractivity contribution in [3.8, 4) is 0 Å². The Bertz CT molecular complexity index is 860. The van der Waals surface area contributed by atoms with Gasteiger partial charge in [0.2, 0.25) is 0 Å². The van der Waals surface area contributed by atoms with Crippen LogP contribution in [0, 0.1) is 0 Å². The van der Waals surface area contributed by atoms with E-state index in [9.17, 15) is 8.42 Å². The molecule has 1 heterocycles. The Kier molecular flexibility index (Phi) is 6.78. The van der Waals surface area contributed by atoms with E-state index in [1.165, 1.54) is 24.0 Å². The van der Waals surface area contributed by atoms with Gasteiger partial charge in [-0.05, 0) is 79.6 Å². The summed E-state index contributed by atoms with van der Waals surface area (Å²) in [6.45, 7) is 9.90. The van der Waals surface area contributed by atoms with E-state index in [1.807, 2.05) is 24.3 Å². The quantitative estimate of drug-likeness (QED) is 0.662. The van der Waals surface area contributed by atoms with E-state index >= 15 is 0 Å². The van der Waals surface area contributed by atoms with E-state index in [0.717, 1.165) is 26.1 Å². The lowest BCUT2D eigenvalue weighted by Gasteiger charge is -2.15. The molecule has 2 aromatic rings. The fraction of sp³-hybridized carbons (Fsp3) is 0.478. The van der Waals surface area contributed by atoms with E-state index < -0.39 is 10.0 Å². The number of sulfonamides is 1. The number of likely N-dealkylation sites (tertiary alicyclic amines) is 1. The smallest absolute Gasteiger partial charge is 0.261 e. The Hall–Kier alpha value is -1.85. The Labute approximate surface area is 170 Å². The molecule has 28 heavy (non-hydrogen) atoms. The molecule has 2 aromatic carbocycles. The molecule has 1 N–H and O–H groups in total. The number of benzene rings is 2. The van der Waals surface area contributed by atoms with Gasteiger partial charge in [0, 0.05) is 12.2 Å². The Morgan fingerprint density at radius 1 is 1.07 bits per heavy atom. The maximum Gasteiger partial charge on any atom is 0.261 e. The Balaban J connectivity index is 1.66. The van der Waals surface area contributed by atoms with Crippen molar-refractivity contribution in [2.45, 2.75) is 56.8 Å². The maximum atomic E-state index is 12.7. The lowest BCUT2D eigenvalue weighted by Crippen LogP contribution is -2.20. The Morgan fingerprint density at radius 3 is 2.36 bits per heavy atom. The minimum atomic E-state index is -3.57. The average molecular weight is 401 g/mol. The molecule has 5 heteroatoms. The molecule has 0 radical (unpaired) electrons. The molecule has 0 aromatic heterocycles. The van der Waals surface area contributed by atoms with Crippen molar-refractivity contribution >= 4 is 15.7 Å². The second-order valence-electron chi connectivity index (χ2n) is 7.89. The SMILES string of the molecule is CCCN1CCC(c2ccc(NS(=O)(=O)c3ccc(C(C)CC)cc3)cc2)C1. The third-order valence-corrected chi connectivity index (χ3v) is 7.22. The van der Waals surface area contributed by atoms with Gasteiger partial charge < -0.3 is 4.90 Å². The minimum Gasteiger partial charge on any atom is -0.303 e. The molecule has 0 aliphatic carbocycles. The molecule has 1 fully saturated rings. The van der Waals surface area contributed by atoms with Crippen molar-refractivity contribution in [2.24, 2.45) is 0 Å². The van der Waals surface area contributed by atoms with Gasteiger partial charge in [0.15, 0.2) is 0 Å². The summed E-state index contributed by atoms with van der Waals surface area (Å²) in [4.78, 5) is 2.80. The maximum absolute atomic E-state index is 12.7. The second kappa shape index (κ2) is 9.10. The standard InChI is InChI=1S/C23H32N2O2S/c1-4-15-25-16-14-21(17-25)20-6-10-22(11-7-20)24-28(26,27)23-12-8-19(9-13-23)18(3)5-2/h6-13,18,21,24H,4-5,14-17H2,1-3H3. The predicted molar refractivity (Wildman–Crippen MR) is 116 cm³/mol. The van der Waals surface area contributed by atoms with Gasteiger partial charge in [-0.25, -0.2) is 8.42 Å². The molecule has 2 atom stereocenters. The summed E-state index contributed by atoms with van der Waals surface area (Å²) in [5, 5.41) is 0. The molecule has 152 valence electrons. The normalized spacial score (nSPS) is 18.9. The molecule has 0 saturated carbocycles. The van der Waals surface area contributed by atoms with Crippen LogP contribution >= 0.6 is 0 Å². The first-order chi connectivity index (χ1) is 13.4. The number of nitrogens with one attached hydrogen (secondary N) is 1. The summed E-state index contributed by atoms with van der Waals surface area (Å²) in [7, 11) is -3.57. The van der Waals surface area contributed by atoms with Crippen LogP contribution in [0.2, 0.25) is 0 Å². The highest BCUT2D eigenvalue weighted by atomic mass is 32.2. The van der Waals surface area contributed by atoms with Crippen molar-refractivity contribution in [2.75, 3.05) is 24.4 Å². The van der Waals surface area contributed by atoms with Crippen LogP contribution in [0.15, 0.2) is 53.4 Å². The van der Waals surface area contributed by atoms with Crippen molar-refractivity contribution in [3.05, 3.63) is 59.7 Å². The molecule has 4 nitrogen and oxygen atoms in total. The fourth-order valence-electron chi connectivity index (χ4n) is 3.87. The van der Waals surface area contributed by atoms with Crippen LogP contribution in [-0.2, 0) is 10.0 Å². The molecule has 0 amide bonds. The van der Waals surface area contributed by atoms with Crippen LogP contribution in [0.1, 0.15) is 63.0 Å². The predicted octanol–water partition coefficient (Wildman–Crippen LogP) is 5.20. The third-order valence-electron chi connectivity index (χ3n) is 5.82. The van der Waals surface area contributed by atoms with Crippen LogP contribution in [0.5, 0.6) is 0 Å². The Morgan fingerprint density at radius 2 is 1.75 bits per heavy atom. The van der Waals surface area contributed by atoms with Crippen molar-refractivity contribution < 1.29 is 8.42 Å². The second-order valence-corrected chi connectivity index (χ2v) is 9.57. The molecule has 0 spiro atoms. The lowest BCUT2D eigenvalue weighted by atomic mass is 9.98. The van der Waals surface area contributed by atoms with Gasteiger partial charge in [0.1, 0.15) is 0 Å². The fourth-order valence-corrected chi connectivity index (χ4v) is 4.93. The molecule has 3 rings (SSSR count). The topological polar surface area (TPSA) is 49.4 Å². The van der Waals surface area contributed by atoms with Crippen LogP contribution < -0.4 is 4.72 Å². The van der Waals surface area contributed by atoms with E-state index in [1.54, 1.807) is 12.1 Å². The van der Waals surface area contributed by atoms with Crippen LogP contribution in [-0.4, -0.2) is 33.0 Å². The molecular weight excluding hydrogens is 368 g/mol. The first-order valence-corrected chi connectivity index (χ1v) is 11.9. The van der Waals surface area contributed by atoms with Crippen molar-refractivity contribution in [1.82, 2.24) is 4.90 Å². The molecule has 0 bridgehead atoms. The van der Waals surface area contributed by atoms with Gasteiger partial charge in [-0.3, -0.25) is 4.72 Å². The van der Waals surface area contributed by atoms with Gasteiger partial charge >= 0.3 is 0 Å². The van der Waals surface area contributed by atoms with E-state index in [0.29, 0.717) is 22.4 Å². The van der Waals surface area contributed by atoms with Crippen LogP contribution in [0.4, 0.5) is 5.69 Å². The molecule has 1 saturated heterocycles. The highest BCUT2D eigenvalue weighted by Crippen LogP contribution is 2.28. The number of hydrogen-bond donors (Lipinski definition) is 1. The van der Waals surface area contributed by atoms with Gasteiger partial charge in [0.25, 0.3) is 10.0 Å². The summed E-state index contributed by atoms with van der Waals surface area (Å²) in [6, 6.07) is 15.1. The van der Waals surface area contributed by atoms with E-state index in [-0.39, 0.29) is 0 Å². The van der Waals surface area contributed by atoms with E-state index in [4.69, 9.17) is 0 Å². The molecule has 1 aliphatic rings. The highest BCUT2D eigenvalue weighted by molar-refractivity contribution is 7.92. The molecule has 1 aliphatic heterocycles. The zero-order valence-electron chi connectivity index (χ0n) is 17.2. The molecular formula is C23H32N2O2S. The summed E-state index contributed by atoms with van der Waals surface area (Å²) in [5.41, 5.74) is 3.07. The van der Waals surface area contributed by atoms with Crippen molar-refractivity contribution in [1.29, 1.82) is 0 Å². The van der Waals surface area contributed by atoms with Crippen molar-refractivity contribution in [3.63, 3.8) is 0 Å². The van der Waals surface area contributed by atoms with Gasteiger partial charge in [-0.2, -0.15) is 0 Å². The summed E-state index contributed by atoms with van der Waals surface area (Å²) < 4.78 is 28.1. The van der Waals surface area contributed by atoms with Gasteiger partial charge in [-0.15, -0.1) is 0 Å².